The molecule has 44 heavy (non-hydrogen) atoms. The molecule has 4 heteroatoms. The van der Waals surface area contributed by atoms with Gasteiger partial charge in [-0.05, 0) is 88.6 Å². The average molecular weight is 561 g/mol. The van der Waals surface area contributed by atoms with Gasteiger partial charge >= 0.3 is 0 Å². The van der Waals surface area contributed by atoms with Gasteiger partial charge in [-0.25, -0.2) is 0 Å². The van der Waals surface area contributed by atoms with Crippen LogP contribution in [0.3, 0.4) is 0 Å². The summed E-state index contributed by atoms with van der Waals surface area (Å²) in [7, 11) is 0. The van der Waals surface area contributed by atoms with Crippen molar-refractivity contribution >= 4 is 49.6 Å². The SMILES string of the molecule is N#Cc1cc(C#N)cc(N(c2ccc(-c3ccccc3)cc2)c2ccc(-n3c4cccc5ccc6cccc3c6c54)cc2)c1. The van der Waals surface area contributed by atoms with Gasteiger partial charge in [0.1, 0.15) is 0 Å². The molecule has 0 radical (unpaired) electrons. The topological polar surface area (TPSA) is 55.8 Å². The molecule has 0 amide bonds. The maximum Gasteiger partial charge on any atom is 0.0992 e. The van der Waals surface area contributed by atoms with E-state index >= 15 is 0 Å². The molecule has 0 spiro atoms. The van der Waals surface area contributed by atoms with Gasteiger partial charge in [0.15, 0.2) is 0 Å². The summed E-state index contributed by atoms with van der Waals surface area (Å²) in [4.78, 5) is 2.10. The van der Waals surface area contributed by atoms with Gasteiger partial charge in [0, 0.05) is 33.5 Å². The molecule has 4 nitrogen and oxygen atoms in total. The van der Waals surface area contributed by atoms with Crippen molar-refractivity contribution in [3.8, 4) is 29.0 Å². The molecule has 0 unspecified atom stereocenters. The molecule has 1 heterocycles. The highest BCUT2D eigenvalue weighted by molar-refractivity contribution is 6.24. The van der Waals surface area contributed by atoms with Crippen molar-refractivity contribution in [3.05, 3.63) is 157 Å². The number of hydrogen-bond acceptors (Lipinski definition) is 3. The predicted octanol–water partition coefficient (Wildman–Crippen LogP) is 10.3. The van der Waals surface area contributed by atoms with Gasteiger partial charge in [-0.3, -0.25) is 0 Å². The first-order valence-electron chi connectivity index (χ1n) is 14.5. The summed E-state index contributed by atoms with van der Waals surface area (Å²) in [5.41, 5.74) is 9.17. The van der Waals surface area contributed by atoms with Gasteiger partial charge in [0.05, 0.1) is 34.3 Å². The lowest BCUT2D eigenvalue weighted by atomic mass is 10.0. The van der Waals surface area contributed by atoms with E-state index in [-0.39, 0.29) is 0 Å². The zero-order valence-corrected chi connectivity index (χ0v) is 23.6. The lowest BCUT2D eigenvalue weighted by Crippen LogP contribution is -2.10. The molecule has 0 saturated heterocycles. The van der Waals surface area contributed by atoms with Crippen LogP contribution in [0.5, 0.6) is 0 Å². The molecule has 8 aromatic rings. The van der Waals surface area contributed by atoms with Crippen molar-refractivity contribution in [1.82, 2.24) is 4.57 Å². The molecule has 204 valence electrons. The smallest absolute Gasteiger partial charge is 0.0992 e. The average Bonchev–Trinajstić information content (AvgIpc) is 3.44. The second-order valence-electron chi connectivity index (χ2n) is 10.9. The Morgan fingerprint density at radius 2 is 0.977 bits per heavy atom. The van der Waals surface area contributed by atoms with E-state index in [1.165, 1.54) is 32.6 Å². The van der Waals surface area contributed by atoms with E-state index in [9.17, 15) is 10.5 Å². The van der Waals surface area contributed by atoms with Crippen LogP contribution < -0.4 is 4.90 Å². The molecule has 8 rings (SSSR count). The van der Waals surface area contributed by atoms with Crippen LogP contribution in [0.2, 0.25) is 0 Å². The zero-order valence-electron chi connectivity index (χ0n) is 23.6. The molecule has 7 aromatic carbocycles. The molecule has 1 aromatic heterocycles. The Morgan fingerprint density at radius 1 is 0.455 bits per heavy atom. The van der Waals surface area contributed by atoms with Crippen LogP contribution in [0.1, 0.15) is 11.1 Å². The fourth-order valence-electron chi connectivity index (χ4n) is 6.40. The second-order valence-corrected chi connectivity index (χ2v) is 10.9. The quantitative estimate of drug-likeness (QED) is 0.197. The molecule has 0 N–H and O–H groups in total. The Bertz CT molecular complexity index is 2290. The van der Waals surface area contributed by atoms with Crippen LogP contribution in [0.4, 0.5) is 17.1 Å². The van der Waals surface area contributed by atoms with Crippen molar-refractivity contribution in [2.75, 3.05) is 4.90 Å². The summed E-state index contributed by atoms with van der Waals surface area (Å²) < 4.78 is 2.33. The summed E-state index contributed by atoms with van der Waals surface area (Å²) in [5.74, 6) is 0. The van der Waals surface area contributed by atoms with E-state index in [0.29, 0.717) is 11.1 Å². The van der Waals surface area contributed by atoms with Gasteiger partial charge in [0.2, 0.25) is 0 Å². The third-order valence-corrected chi connectivity index (χ3v) is 8.36. The molecule has 0 aliphatic carbocycles. The van der Waals surface area contributed by atoms with Gasteiger partial charge in [-0.1, -0.05) is 78.9 Å². The van der Waals surface area contributed by atoms with Gasteiger partial charge in [0.25, 0.3) is 0 Å². The van der Waals surface area contributed by atoms with Crippen molar-refractivity contribution < 1.29 is 0 Å². The van der Waals surface area contributed by atoms with Crippen LogP contribution in [-0.2, 0) is 0 Å². The number of anilines is 3. The number of nitrogens with zero attached hydrogens (tertiary/aromatic N) is 4. The number of hydrogen-bond donors (Lipinski definition) is 0. The first-order chi connectivity index (χ1) is 21.7. The Hall–Kier alpha value is -6.36. The van der Waals surface area contributed by atoms with Crippen molar-refractivity contribution in [2.24, 2.45) is 0 Å². The van der Waals surface area contributed by atoms with Gasteiger partial charge in [-0.15, -0.1) is 0 Å². The zero-order chi connectivity index (χ0) is 29.6. The van der Waals surface area contributed by atoms with Crippen LogP contribution in [0.25, 0.3) is 49.4 Å². The minimum atomic E-state index is 0.442. The Kier molecular flexibility index (Phi) is 5.86. The Balaban J connectivity index is 1.28. The van der Waals surface area contributed by atoms with E-state index in [1.54, 1.807) is 6.07 Å². The lowest BCUT2D eigenvalue weighted by molar-refractivity contribution is 1.17. The summed E-state index contributed by atoms with van der Waals surface area (Å²) in [6.07, 6.45) is 0. The van der Waals surface area contributed by atoms with Crippen molar-refractivity contribution in [3.63, 3.8) is 0 Å². The third-order valence-electron chi connectivity index (χ3n) is 8.36. The second kappa shape index (κ2) is 10.2. The highest BCUT2D eigenvalue weighted by atomic mass is 15.1. The van der Waals surface area contributed by atoms with E-state index in [1.807, 2.05) is 30.3 Å². The normalized spacial score (nSPS) is 11.1. The Labute approximate surface area is 254 Å². The molecule has 0 aliphatic rings. The third kappa shape index (κ3) is 4.06. The lowest BCUT2D eigenvalue weighted by Gasteiger charge is -2.26. The molecule has 0 fully saturated rings. The van der Waals surface area contributed by atoms with Crippen molar-refractivity contribution in [2.45, 2.75) is 0 Å². The maximum atomic E-state index is 9.74. The summed E-state index contributed by atoms with van der Waals surface area (Å²) >= 11 is 0. The summed E-state index contributed by atoms with van der Waals surface area (Å²) in [6, 6.07) is 54.2. The molecule has 0 bridgehead atoms. The maximum absolute atomic E-state index is 9.74. The minimum Gasteiger partial charge on any atom is -0.310 e. The van der Waals surface area contributed by atoms with Crippen molar-refractivity contribution in [1.29, 1.82) is 10.5 Å². The summed E-state index contributed by atoms with van der Waals surface area (Å²) in [6.45, 7) is 0. The van der Waals surface area contributed by atoms with Crippen LogP contribution >= 0.6 is 0 Å². The Morgan fingerprint density at radius 3 is 1.52 bits per heavy atom. The predicted molar refractivity (Wildman–Crippen MR) is 179 cm³/mol. The first-order valence-corrected chi connectivity index (χ1v) is 14.5. The van der Waals surface area contributed by atoms with E-state index in [0.717, 1.165) is 33.9 Å². The molecule has 0 saturated carbocycles. The number of rotatable bonds is 5. The van der Waals surface area contributed by atoms with Crippen LogP contribution in [0, 0.1) is 22.7 Å². The monoisotopic (exact) mass is 560 g/mol. The number of nitriles is 2. The molecule has 0 atom stereocenters. The van der Waals surface area contributed by atoms with Crippen LogP contribution in [-0.4, -0.2) is 4.57 Å². The first kappa shape index (κ1) is 25.4. The number of aromatic nitrogens is 1. The fraction of sp³-hybridized carbons (Fsp3) is 0. The number of benzene rings is 7. The van der Waals surface area contributed by atoms with Gasteiger partial charge in [-0.2, -0.15) is 10.5 Å². The molecular weight excluding hydrogens is 536 g/mol. The standard InChI is InChI=1S/C40H24N4/c41-25-27-22-28(26-42)24-36(23-27)43(33-16-14-30(15-17-33)29-6-2-1-3-7-29)34-18-20-35(21-19-34)44-37-10-4-8-31-12-13-32-9-5-11-38(44)40(32)39(31)37/h1-24H. The summed E-state index contributed by atoms with van der Waals surface area (Å²) in [5, 5.41) is 24.5. The van der Waals surface area contributed by atoms with Gasteiger partial charge < -0.3 is 9.47 Å². The minimum absolute atomic E-state index is 0.442. The van der Waals surface area contributed by atoms with E-state index < -0.39 is 0 Å². The van der Waals surface area contributed by atoms with E-state index in [2.05, 4.69) is 131 Å². The van der Waals surface area contributed by atoms with Crippen LogP contribution in [0.15, 0.2) is 146 Å². The molecule has 0 aliphatic heterocycles. The van der Waals surface area contributed by atoms with E-state index in [4.69, 9.17) is 0 Å². The molecular formula is C40H24N4. The largest absolute Gasteiger partial charge is 0.310 e. The fourth-order valence-corrected chi connectivity index (χ4v) is 6.40. The highest BCUT2D eigenvalue weighted by Gasteiger charge is 2.18. The highest BCUT2D eigenvalue weighted by Crippen LogP contribution is 2.40.